The summed E-state index contributed by atoms with van der Waals surface area (Å²) in [5.41, 5.74) is 0.296. The number of phenols is 1. The summed E-state index contributed by atoms with van der Waals surface area (Å²) >= 11 is 16.6. The standard InChI is InChI=1S/C7H5Cl3O.C2H6O/c8-7(9,10)5-3-1-2-4-6(5)11;1-2-3/h1-4,11H;3H,2H2,1H3. The van der Waals surface area contributed by atoms with Crippen molar-refractivity contribution in [2.24, 2.45) is 0 Å². The molecular formula is C9H11Cl3O2. The third-order valence-corrected chi connectivity index (χ3v) is 1.82. The number of hydrogen-bond acceptors (Lipinski definition) is 2. The van der Waals surface area contributed by atoms with Gasteiger partial charge in [0.25, 0.3) is 0 Å². The number of halogens is 3. The lowest BCUT2D eigenvalue weighted by Crippen LogP contribution is -1.99. The lowest BCUT2D eigenvalue weighted by molar-refractivity contribution is 0.318. The highest BCUT2D eigenvalue weighted by Crippen LogP contribution is 2.42. The van der Waals surface area contributed by atoms with Crippen LogP contribution >= 0.6 is 34.8 Å². The molecule has 0 unspecified atom stereocenters. The molecule has 2 N–H and O–H groups in total. The molecule has 0 saturated carbocycles. The van der Waals surface area contributed by atoms with Crippen LogP contribution in [0.3, 0.4) is 0 Å². The first-order valence-electron chi connectivity index (χ1n) is 3.89. The van der Waals surface area contributed by atoms with Crippen molar-refractivity contribution in [3.05, 3.63) is 29.8 Å². The van der Waals surface area contributed by atoms with Crippen LogP contribution in [0.25, 0.3) is 0 Å². The molecule has 0 fully saturated rings. The maximum Gasteiger partial charge on any atom is 0.219 e. The fourth-order valence-electron chi connectivity index (χ4n) is 0.713. The van der Waals surface area contributed by atoms with Gasteiger partial charge in [0.1, 0.15) is 5.75 Å². The number of aliphatic hydroxyl groups excluding tert-OH is 1. The number of hydrogen-bond donors (Lipinski definition) is 2. The minimum absolute atomic E-state index is 0.00694. The first kappa shape index (κ1) is 13.8. The molecule has 1 rings (SSSR count). The van der Waals surface area contributed by atoms with E-state index in [4.69, 9.17) is 39.9 Å². The zero-order valence-electron chi connectivity index (χ0n) is 7.54. The molecule has 1 aromatic rings. The molecule has 0 spiro atoms. The van der Waals surface area contributed by atoms with Crippen molar-refractivity contribution >= 4 is 34.8 Å². The van der Waals surface area contributed by atoms with Gasteiger partial charge in [-0.1, -0.05) is 53.0 Å². The fourth-order valence-corrected chi connectivity index (χ4v) is 1.19. The molecule has 0 atom stereocenters. The van der Waals surface area contributed by atoms with Crippen LogP contribution in [-0.2, 0) is 3.79 Å². The Morgan fingerprint density at radius 3 is 1.93 bits per heavy atom. The van der Waals surface area contributed by atoms with Gasteiger partial charge in [-0.3, -0.25) is 0 Å². The Balaban J connectivity index is 0.000000500. The number of alkyl halides is 3. The second-order valence-corrected chi connectivity index (χ2v) is 4.61. The Morgan fingerprint density at radius 2 is 1.64 bits per heavy atom. The summed E-state index contributed by atoms with van der Waals surface area (Å²) in [4.78, 5) is 0. The minimum atomic E-state index is -1.55. The first-order valence-corrected chi connectivity index (χ1v) is 5.03. The monoisotopic (exact) mass is 256 g/mol. The Labute approximate surface area is 98.0 Å². The van der Waals surface area contributed by atoms with Gasteiger partial charge in [-0.25, -0.2) is 0 Å². The lowest BCUT2D eigenvalue weighted by Gasteiger charge is -2.11. The SMILES string of the molecule is CCO.Oc1ccccc1C(Cl)(Cl)Cl. The van der Waals surface area contributed by atoms with E-state index in [0.29, 0.717) is 5.56 Å². The van der Waals surface area contributed by atoms with Crippen LogP contribution < -0.4 is 0 Å². The summed E-state index contributed by atoms with van der Waals surface area (Å²) in [6.07, 6.45) is 0. The molecule has 0 saturated heterocycles. The van der Waals surface area contributed by atoms with Crippen LogP contribution in [0, 0.1) is 0 Å². The zero-order chi connectivity index (χ0) is 11.2. The molecule has 0 aliphatic carbocycles. The van der Waals surface area contributed by atoms with Crippen molar-refractivity contribution in [3.8, 4) is 5.75 Å². The van der Waals surface area contributed by atoms with E-state index in [1.54, 1.807) is 25.1 Å². The van der Waals surface area contributed by atoms with E-state index < -0.39 is 3.79 Å². The summed E-state index contributed by atoms with van der Waals surface area (Å²) in [7, 11) is 0. The number of phenolic OH excluding ortho intramolecular Hbond substituents is 1. The van der Waals surface area contributed by atoms with Crippen LogP contribution in [0.1, 0.15) is 12.5 Å². The predicted octanol–water partition coefficient (Wildman–Crippen LogP) is 3.22. The van der Waals surface area contributed by atoms with E-state index in [9.17, 15) is 5.11 Å². The van der Waals surface area contributed by atoms with Crippen molar-refractivity contribution in [1.29, 1.82) is 0 Å². The lowest BCUT2D eigenvalue weighted by atomic mass is 10.2. The van der Waals surface area contributed by atoms with Gasteiger partial charge in [0, 0.05) is 12.2 Å². The predicted molar refractivity (Wildman–Crippen MR) is 60.1 cm³/mol. The summed E-state index contributed by atoms with van der Waals surface area (Å²) in [5, 5.41) is 16.8. The van der Waals surface area contributed by atoms with Crippen LogP contribution in [0.15, 0.2) is 24.3 Å². The van der Waals surface area contributed by atoms with E-state index in [1.165, 1.54) is 6.07 Å². The van der Waals surface area contributed by atoms with Gasteiger partial charge < -0.3 is 10.2 Å². The zero-order valence-corrected chi connectivity index (χ0v) is 9.81. The summed E-state index contributed by atoms with van der Waals surface area (Å²) in [5.74, 6) is -0.00694. The Hall–Kier alpha value is -0.150. The van der Waals surface area contributed by atoms with Gasteiger partial charge in [0.15, 0.2) is 0 Å². The summed E-state index contributed by atoms with van der Waals surface area (Å²) in [6.45, 7) is 1.93. The van der Waals surface area contributed by atoms with Crippen LogP contribution in [0.2, 0.25) is 0 Å². The van der Waals surface area contributed by atoms with Gasteiger partial charge in [-0.05, 0) is 13.0 Å². The van der Waals surface area contributed by atoms with E-state index in [1.807, 2.05) is 0 Å². The molecule has 0 amide bonds. The third kappa shape index (κ3) is 4.91. The Kier molecular flexibility index (Phi) is 6.29. The van der Waals surface area contributed by atoms with Crippen LogP contribution in [-0.4, -0.2) is 16.8 Å². The fraction of sp³-hybridized carbons (Fsp3) is 0.333. The van der Waals surface area contributed by atoms with Crippen LogP contribution in [0.4, 0.5) is 0 Å². The molecule has 2 nitrogen and oxygen atoms in total. The van der Waals surface area contributed by atoms with E-state index in [2.05, 4.69) is 0 Å². The highest BCUT2D eigenvalue weighted by molar-refractivity contribution is 6.66. The second-order valence-electron chi connectivity index (χ2n) is 2.33. The highest BCUT2D eigenvalue weighted by Gasteiger charge is 2.25. The molecule has 0 bridgehead atoms. The minimum Gasteiger partial charge on any atom is -0.508 e. The molecule has 0 aromatic heterocycles. The van der Waals surface area contributed by atoms with Crippen molar-refractivity contribution in [2.75, 3.05) is 6.61 Å². The van der Waals surface area contributed by atoms with Crippen molar-refractivity contribution < 1.29 is 10.2 Å². The summed E-state index contributed by atoms with van der Waals surface area (Å²) < 4.78 is -1.55. The molecule has 80 valence electrons. The summed E-state index contributed by atoms with van der Waals surface area (Å²) in [6, 6.07) is 6.38. The number of benzene rings is 1. The topological polar surface area (TPSA) is 40.5 Å². The Bertz CT molecular complexity index is 271. The van der Waals surface area contributed by atoms with E-state index in [-0.39, 0.29) is 12.4 Å². The second kappa shape index (κ2) is 6.36. The average molecular weight is 258 g/mol. The molecular weight excluding hydrogens is 246 g/mol. The number of para-hydroxylation sites is 1. The van der Waals surface area contributed by atoms with E-state index >= 15 is 0 Å². The molecule has 0 aliphatic rings. The quantitative estimate of drug-likeness (QED) is 0.701. The Morgan fingerprint density at radius 1 is 1.21 bits per heavy atom. The van der Waals surface area contributed by atoms with Crippen molar-refractivity contribution in [2.45, 2.75) is 10.7 Å². The molecule has 5 heteroatoms. The van der Waals surface area contributed by atoms with Gasteiger partial charge in [0.05, 0.1) is 0 Å². The largest absolute Gasteiger partial charge is 0.508 e. The number of aliphatic hydroxyl groups is 1. The molecule has 0 heterocycles. The number of rotatable bonds is 0. The average Bonchev–Trinajstić information content (AvgIpc) is 2.04. The van der Waals surface area contributed by atoms with E-state index in [0.717, 1.165) is 0 Å². The van der Waals surface area contributed by atoms with Gasteiger partial charge in [-0.2, -0.15) is 0 Å². The molecule has 0 radical (unpaired) electrons. The van der Waals surface area contributed by atoms with Gasteiger partial charge in [-0.15, -0.1) is 0 Å². The molecule has 1 aromatic carbocycles. The normalized spacial score (nSPS) is 10.4. The van der Waals surface area contributed by atoms with Crippen molar-refractivity contribution in [1.82, 2.24) is 0 Å². The maximum absolute atomic E-state index is 9.19. The van der Waals surface area contributed by atoms with Crippen molar-refractivity contribution in [3.63, 3.8) is 0 Å². The smallest absolute Gasteiger partial charge is 0.219 e. The van der Waals surface area contributed by atoms with Gasteiger partial charge >= 0.3 is 0 Å². The maximum atomic E-state index is 9.19. The number of aromatic hydroxyl groups is 1. The van der Waals surface area contributed by atoms with Crippen LogP contribution in [0.5, 0.6) is 5.75 Å². The molecule has 0 aliphatic heterocycles. The highest BCUT2D eigenvalue weighted by atomic mass is 35.6. The molecule has 14 heavy (non-hydrogen) atoms. The van der Waals surface area contributed by atoms with Gasteiger partial charge in [0.2, 0.25) is 3.79 Å². The first-order chi connectivity index (χ1) is 6.43. The third-order valence-electron chi connectivity index (χ3n) is 1.21.